The number of nitrogens with zero attached hydrogens (tertiary/aromatic N) is 5. The highest BCUT2D eigenvalue weighted by Gasteiger charge is 2.30. The van der Waals surface area contributed by atoms with Crippen molar-refractivity contribution in [1.29, 1.82) is 0 Å². The average molecular weight is 316 g/mol. The van der Waals surface area contributed by atoms with Gasteiger partial charge in [-0.3, -0.25) is 9.30 Å². The molecule has 4 rings (SSSR count). The Bertz CT molecular complexity index is 687. The Kier molecular flexibility index (Phi) is 3.69. The van der Waals surface area contributed by atoms with Crippen molar-refractivity contribution in [2.24, 2.45) is 0 Å². The molecule has 2 aromatic rings. The van der Waals surface area contributed by atoms with E-state index in [0.29, 0.717) is 5.92 Å². The standard InChI is InChI=1S/C16H24N6O/c1-16(2,21-7-9-23-10-8-21)11-18-13-15-20-19-14(12-3-4-12)22(15)6-5-17-13/h5-6,12H,3-4,7-11H2,1-2H3,(H,17,18). The summed E-state index contributed by atoms with van der Waals surface area (Å²) in [5.41, 5.74) is 0.865. The lowest BCUT2D eigenvalue weighted by atomic mass is 10.0. The smallest absolute Gasteiger partial charge is 0.203 e. The lowest BCUT2D eigenvalue weighted by molar-refractivity contribution is -0.00569. The maximum Gasteiger partial charge on any atom is 0.203 e. The highest BCUT2D eigenvalue weighted by atomic mass is 16.5. The third-order valence-corrected chi connectivity index (χ3v) is 4.85. The number of anilines is 1. The summed E-state index contributed by atoms with van der Waals surface area (Å²) in [6, 6.07) is 0. The Labute approximate surface area is 136 Å². The Balaban J connectivity index is 1.51. The number of hydrogen-bond donors (Lipinski definition) is 1. The number of morpholine rings is 1. The molecule has 0 radical (unpaired) electrons. The first-order chi connectivity index (χ1) is 11.1. The van der Waals surface area contributed by atoms with Gasteiger partial charge in [-0.1, -0.05) is 0 Å². The molecule has 1 aliphatic carbocycles. The normalized spacial score (nSPS) is 20.1. The molecule has 3 heterocycles. The SMILES string of the molecule is CC(C)(CNc1nccn2c(C3CC3)nnc12)N1CCOCC1. The van der Waals surface area contributed by atoms with Gasteiger partial charge in [0.1, 0.15) is 5.82 Å². The number of hydrogen-bond acceptors (Lipinski definition) is 6. The summed E-state index contributed by atoms with van der Waals surface area (Å²) in [5.74, 6) is 2.45. The van der Waals surface area contributed by atoms with Crippen LogP contribution in [0.1, 0.15) is 38.4 Å². The summed E-state index contributed by atoms with van der Waals surface area (Å²) in [4.78, 5) is 6.93. The molecule has 2 aliphatic rings. The molecule has 0 bridgehead atoms. The van der Waals surface area contributed by atoms with Crippen LogP contribution in [0.5, 0.6) is 0 Å². The molecule has 0 amide bonds. The van der Waals surface area contributed by atoms with Gasteiger partial charge in [-0.25, -0.2) is 4.98 Å². The largest absolute Gasteiger partial charge is 0.379 e. The van der Waals surface area contributed by atoms with Crippen LogP contribution in [0.2, 0.25) is 0 Å². The molecule has 2 fully saturated rings. The van der Waals surface area contributed by atoms with Gasteiger partial charge in [-0.15, -0.1) is 10.2 Å². The van der Waals surface area contributed by atoms with E-state index in [2.05, 4.69) is 43.6 Å². The Morgan fingerprint density at radius 1 is 1.26 bits per heavy atom. The van der Waals surface area contributed by atoms with E-state index in [9.17, 15) is 0 Å². The van der Waals surface area contributed by atoms with E-state index in [0.717, 1.165) is 50.1 Å². The predicted octanol–water partition coefficient (Wildman–Crippen LogP) is 1.52. The summed E-state index contributed by atoms with van der Waals surface area (Å²) in [7, 11) is 0. The van der Waals surface area contributed by atoms with Crippen molar-refractivity contribution in [1.82, 2.24) is 24.5 Å². The van der Waals surface area contributed by atoms with E-state index in [1.165, 1.54) is 12.8 Å². The summed E-state index contributed by atoms with van der Waals surface area (Å²) in [6.07, 6.45) is 6.22. The fourth-order valence-corrected chi connectivity index (χ4v) is 3.17. The van der Waals surface area contributed by atoms with Gasteiger partial charge in [0.2, 0.25) is 5.65 Å². The molecule has 23 heavy (non-hydrogen) atoms. The summed E-state index contributed by atoms with van der Waals surface area (Å²) in [6.45, 7) is 8.89. The zero-order valence-corrected chi connectivity index (χ0v) is 13.8. The van der Waals surface area contributed by atoms with E-state index >= 15 is 0 Å². The Morgan fingerprint density at radius 2 is 2.04 bits per heavy atom. The third-order valence-electron chi connectivity index (χ3n) is 4.85. The molecule has 0 spiro atoms. The van der Waals surface area contributed by atoms with Crippen LogP contribution in [-0.4, -0.2) is 62.9 Å². The van der Waals surface area contributed by atoms with Gasteiger partial charge in [0.05, 0.1) is 13.2 Å². The van der Waals surface area contributed by atoms with Crippen LogP contribution in [0, 0.1) is 0 Å². The van der Waals surface area contributed by atoms with Gasteiger partial charge >= 0.3 is 0 Å². The van der Waals surface area contributed by atoms with Crippen molar-refractivity contribution < 1.29 is 4.74 Å². The minimum absolute atomic E-state index is 0.0393. The van der Waals surface area contributed by atoms with Crippen LogP contribution < -0.4 is 5.32 Å². The number of fused-ring (bicyclic) bond motifs is 1. The molecular weight excluding hydrogens is 292 g/mol. The van der Waals surface area contributed by atoms with Gasteiger partial charge in [-0.05, 0) is 26.7 Å². The van der Waals surface area contributed by atoms with E-state index in [1.807, 2.05) is 12.4 Å². The lowest BCUT2D eigenvalue weighted by Gasteiger charge is -2.40. The molecule has 1 saturated carbocycles. The molecule has 7 heteroatoms. The first kappa shape index (κ1) is 14.8. The van der Waals surface area contributed by atoms with Crippen LogP contribution in [0.15, 0.2) is 12.4 Å². The lowest BCUT2D eigenvalue weighted by Crippen LogP contribution is -2.53. The van der Waals surface area contributed by atoms with Crippen LogP contribution in [0.4, 0.5) is 5.82 Å². The van der Waals surface area contributed by atoms with Crippen molar-refractivity contribution >= 4 is 11.5 Å². The molecule has 1 N–H and O–H groups in total. The van der Waals surface area contributed by atoms with Crippen molar-refractivity contribution in [3.8, 4) is 0 Å². The molecule has 1 saturated heterocycles. The third kappa shape index (κ3) is 2.90. The Hall–Kier alpha value is -1.73. The van der Waals surface area contributed by atoms with Gasteiger partial charge in [-0.2, -0.15) is 0 Å². The maximum atomic E-state index is 5.45. The molecule has 0 unspecified atom stereocenters. The van der Waals surface area contributed by atoms with Gasteiger partial charge in [0.15, 0.2) is 5.82 Å². The summed E-state index contributed by atoms with van der Waals surface area (Å²) < 4.78 is 7.53. The zero-order chi connectivity index (χ0) is 15.9. The van der Waals surface area contributed by atoms with E-state index in [-0.39, 0.29) is 5.54 Å². The molecule has 124 valence electrons. The highest BCUT2D eigenvalue weighted by Crippen LogP contribution is 2.39. The first-order valence-electron chi connectivity index (χ1n) is 8.41. The van der Waals surface area contributed by atoms with Crippen LogP contribution >= 0.6 is 0 Å². The fraction of sp³-hybridized carbons (Fsp3) is 0.688. The van der Waals surface area contributed by atoms with Crippen LogP contribution in [0.25, 0.3) is 5.65 Å². The quantitative estimate of drug-likeness (QED) is 0.902. The molecule has 0 aromatic carbocycles. The number of ether oxygens (including phenoxy) is 1. The van der Waals surface area contributed by atoms with Crippen molar-refractivity contribution in [2.75, 3.05) is 38.2 Å². The number of aromatic nitrogens is 4. The number of nitrogens with one attached hydrogen (secondary N) is 1. The molecule has 2 aromatic heterocycles. The fourth-order valence-electron chi connectivity index (χ4n) is 3.17. The second-order valence-electron chi connectivity index (χ2n) is 7.07. The van der Waals surface area contributed by atoms with Crippen LogP contribution in [-0.2, 0) is 4.74 Å². The summed E-state index contributed by atoms with van der Waals surface area (Å²) >= 11 is 0. The highest BCUT2D eigenvalue weighted by molar-refractivity contribution is 5.62. The minimum atomic E-state index is 0.0393. The molecule has 7 nitrogen and oxygen atoms in total. The second kappa shape index (κ2) is 5.72. The second-order valence-corrected chi connectivity index (χ2v) is 7.07. The molecule has 1 aliphatic heterocycles. The summed E-state index contributed by atoms with van der Waals surface area (Å²) in [5, 5.41) is 12.2. The zero-order valence-electron chi connectivity index (χ0n) is 13.8. The van der Waals surface area contributed by atoms with E-state index in [1.54, 1.807) is 0 Å². The van der Waals surface area contributed by atoms with Gasteiger partial charge in [0.25, 0.3) is 0 Å². The van der Waals surface area contributed by atoms with Gasteiger partial charge < -0.3 is 10.1 Å². The van der Waals surface area contributed by atoms with Crippen molar-refractivity contribution in [2.45, 2.75) is 38.1 Å². The number of rotatable bonds is 5. The van der Waals surface area contributed by atoms with Crippen LogP contribution in [0.3, 0.4) is 0 Å². The minimum Gasteiger partial charge on any atom is -0.379 e. The topological polar surface area (TPSA) is 67.6 Å². The predicted molar refractivity (Wildman–Crippen MR) is 87.7 cm³/mol. The van der Waals surface area contributed by atoms with E-state index < -0.39 is 0 Å². The van der Waals surface area contributed by atoms with Crippen molar-refractivity contribution in [3.05, 3.63) is 18.2 Å². The van der Waals surface area contributed by atoms with E-state index in [4.69, 9.17) is 4.74 Å². The first-order valence-corrected chi connectivity index (χ1v) is 8.41. The Morgan fingerprint density at radius 3 is 2.78 bits per heavy atom. The van der Waals surface area contributed by atoms with Gasteiger partial charge in [0, 0.05) is 43.5 Å². The molecule has 0 atom stereocenters. The monoisotopic (exact) mass is 316 g/mol. The maximum absolute atomic E-state index is 5.45. The molecular formula is C16H24N6O. The average Bonchev–Trinajstić information content (AvgIpc) is 3.33. The van der Waals surface area contributed by atoms with Crippen molar-refractivity contribution in [3.63, 3.8) is 0 Å².